The molecule has 0 atom stereocenters. The van der Waals surface area contributed by atoms with Crippen molar-refractivity contribution in [3.05, 3.63) is 83.1 Å². The number of imidazole rings is 1. The molecule has 4 rings (SSSR count). The molecule has 0 aliphatic rings. The Hall–Kier alpha value is -3.60. The lowest BCUT2D eigenvalue weighted by Gasteiger charge is -2.21. The number of aromatic nitrogens is 3. The molecule has 2 aromatic heterocycles. The van der Waals surface area contributed by atoms with Gasteiger partial charge >= 0.3 is 0 Å². The summed E-state index contributed by atoms with van der Waals surface area (Å²) in [5.74, 6) is 1.84. The summed E-state index contributed by atoms with van der Waals surface area (Å²) in [5, 5.41) is 6.78. The summed E-state index contributed by atoms with van der Waals surface area (Å²) in [6.07, 6.45) is 5.60. The van der Waals surface area contributed by atoms with Crippen LogP contribution in [0.5, 0.6) is 0 Å². The normalized spacial score (nSPS) is 11.1. The first kappa shape index (κ1) is 22.6. The first-order valence-corrected chi connectivity index (χ1v) is 11.5. The van der Waals surface area contributed by atoms with Gasteiger partial charge in [-0.15, -0.1) is 0 Å². The van der Waals surface area contributed by atoms with Crippen LogP contribution in [0.3, 0.4) is 0 Å². The van der Waals surface area contributed by atoms with Gasteiger partial charge < -0.3 is 15.6 Å². The molecule has 0 aliphatic heterocycles. The zero-order valence-corrected chi connectivity index (χ0v) is 20.4. The van der Waals surface area contributed by atoms with Gasteiger partial charge in [0.05, 0.1) is 6.54 Å². The largest absolute Gasteiger partial charge is 0.378 e. The van der Waals surface area contributed by atoms with Gasteiger partial charge in [-0.3, -0.25) is 0 Å². The number of hydrogen-bond acceptors (Lipinski definition) is 4. The average molecular weight is 440 g/mol. The Bertz CT molecular complexity index is 1190. The molecule has 5 nitrogen and oxygen atoms in total. The Balaban J connectivity index is 1.64. The highest BCUT2D eigenvalue weighted by Gasteiger charge is 2.17. The monoisotopic (exact) mass is 439 g/mol. The van der Waals surface area contributed by atoms with Crippen LogP contribution in [0.4, 0.5) is 11.5 Å². The third-order valence-electron chi connectivity index (χ3n) is 6.30. The van der Waals surface area contributed by atoms with E-state index in [1.165, 1.54) is 38.9 Å². The summed E-state index contributed by atoms with van der Waals surface area (Å²) in [6.45, 7) is 13.8. The van der Waals surface area contributed by atoms with Crippen LogP contribution in [0.1, 0.15) is 41.9 Å². The number of aromatic amines is 1. The third-order valence-corrected chi connectivity index (χ3v) is 6.30. The number of nitrogens with one attached hydrogen (secondary N) is 3. The van der Waals surface area contributed by atoms with Gasteiger partial charge in [-0.05, 0) is 105 Å². The SMILES string of the molecule is Cc1c(C)c(-c2ccc(NC(C)C)nc2)c(C)c(C)c1-c1ccc(NCc2ncc[nH]2)cc1. The van der Waals surface area contributed by atoms with E-state index in [1.807, 2.05) is 12.4 Å². The fourth-order valence-corrected chi connectivity index (χ4v) is 4.44. The maximum Gasteiger partial charge on any atom is 0.126 e. The van der Waals surface area contributed by atoms with Crippen LogP contribution in [-0.4, -0.2) is 21.0 Å². The molecule has 0 saturated carbocycles. The molecule has 0 amide bonds. The Morgan fingerprint density at radius 3 is 1.91 bits per heavy atom. The maximum atomic E-state index is 4.64. The van der Waals surface area contributed by atoms with Gasteiger partial charge in [0.1, 0.15) is 11.6 Å². The van der Waals surface area contributed by atoms with Gasteiger partial charge in [-0.2, -0.15) is 0 Å². The smallest absolute Gasteiger partial charge is 0.126 e. The summed E-state index contributed by atoms with van der Waals surface area (Å²) in [4.78, 5) is 12.0. The van der Waals surface area contributed by atoms with Crippen molar-refractivity contribution in [1.29, 1.82) is 0 Å². The third kappa shape index (κ3) is 4.77. The lowest BCUT2D eigenvalue weighted by atomic mass is 9.84. The number of pyridine rings is 1. The quantitative estimate of drug-likeness (QED) is 0.296. The molecular weight excluding hydrogens is 406 g/mol. The minimum Gasteiger partial charge on any atom is -0.378 e. The fourth-order valence-electron chi connectivity index (χ4n) is 4.44. The minimum atomic E-state index is 0.363. The van der Waals surface area contributed by atoms with E-state index < -0.39 is 0 Å². The summed E-state index contributed by atoms with van der Waals surface area (Å²) < 4.78 is 0. The highest BCUT2D eigenvalue weighted by molar-refractivity contribution is 5.83. The zero-order valence-electron chi connectivity index (χ0n) is 20.4. The number of H-pyrrole nitrogens is 1. The fraction of sp³-hybridized carbons (Fsp3) is 0.286. The van der Waals surface area contributed by atoms with E-state index in [1.54, 1.807) is 6.20 Å². The molecule has 170 valence electrons. The van der Waals surface area contributed by atoms with Gasteiger partial charge in [0.25, 0.3) is 0 Å². The molecule has 0 spiro atoms. The minimum absolute atomic E-state index is 0.363. The standard InChI is InChI=1S/C28H33N5/c1-17(2)33-25-12-9-23(15-32-25)28-20(5)18(3)27(19(4)21(28)6)22-7-10-24(11-8-22)31-16-26-29-13-14-30-26/h7-15,17,31H,16H2,1-6H3,(H,29,30)(H,32,33). The maximum absolute atomic E-state index is 4.64. The molecule has 0 aliphatic carbocycles. The van der Waals surface area contributed by atoms with E-state index in [9.17, 15) is 0 Å². The van der Waals surface area contributed by atoms with Crippen LogP contribution in [0, 0.1) is 27.7 Å². The molecule has 0 saturated heterocycles. The number of benzene rings is 2. The van der Waals surface area contributed by atoms with Crippen molar-refractivity contribution in [3.8, 4) is 22.3 Å². The molecule has 3 N–H and O–H groups in total. The summed E-state index contributed by atoms with van der Waals surface area (Å²) in [6, 6.07) is 13.3. The van der Waals surface area contributed by atoms with Crippen molar-refractivity contribution in [2.75, 3.05) is 10.6 Å². The van der Waals surface area contributed by atoms with Crippen LogP contribution in [0.15, 0.2) is 55.0 Å². The molecule has 0 bridgehead atoms. The van der Waals surface area contributed by atoms with E-state index in [-0.39, 0.29) is 0 Å². The molecule has 0 unspecified atom stereocenters. The Morgan fingerprint density at radius 2 is 1.39 bits per heavy atom. The molecule has 4 aromatic rings. The van der Waals surface area contributed by atoms with Crippen molar-refractivity contribution >= 4 is 11.5 Å². The van der Waals surface area contributed by atoms with Gasteiger partial charge in [0.15, 0.2) is 0 Å². The van der Waals surface area contributed by atoms with Crippen LogP contribution < -0.4 is 10.6 Å². The highest BCUT2D eigenvalue weighted by Crippen LogP contribution is 2.39. The van der Waals surface area contributed by atoms with Gasteiger partial charge in [-0.25, -0.2) is 9.97 Å². The van der Waals surface area contributed by atoms with Crippen molar-refractivity contribution in [2.24, 2.45) is 0 Å². The van der Waals surface area contributed by atoms with Crippen molar-refractivity contribution in [2.45, 2.75) is 54.1 Å². The number of hydrogen-bond donors (Lipinski definition) is 3. The van der Waals surface area contributed by atoms with Crippen molar-refractivity contribution in [1.82, 2.24) is 15.0 Å². The van der Waals surface area contributed by atoms with E-state index in [2.05, 4.69) is 104 Å². The topological polar surface area (TPSA) is 65.6 Å². The second-order valence-electron chi connectivity index (χ2n) is 8.95. The zero-order chi connectivity index (χ0) is 23.5. The summed E-state index contributed by atoms with van der Waals surface area (Å²) in [5.41, 5.74) is 11.3. The molecule has 2 heterocycles. The first-order valence-electron chi connectivity index (χ1n) is 11.5. The van der Waals surface area contributed by atoms with Crippen LogP contribution in [-0.2, 0) is 6.54 Å². The first-order chi connectivity index (χ1) is 15.8. The van der Waals surface area contributed by atoms with Crippen molar-refractivity contribution in [3.63, 3.8) is 0 Å². The molecule has 33 heavy (non-hydrogen) atoms. The molecule has 0 fully saturated rings. The van der Waals surface area contributed by atoms with E-state index >= 15 is 0 Å². The molecule has 2 aromatic carbocycles. The Labute approximate surface area is 196 Å². The van der Waals surface area contributed by atoms with E-state index in [0.717, 1.165) is 22.9 Å². The summed E-state index contributed by atoms with van der Waals surface area (Å²) >= 11 is 0. The predicted molar refractivity (Wildman–Crippen MR) is 139 cm³/mol. The average Bonchev–Trinajstić information content (AvgIpc) is 3.32. The molecule has 5 heteroatoms. The predicted octanol–water partition coefficient (Wildman–Crippen LogP) is 6.80. The Kier molecular flexibility index (Phi) is 6.50. The van der Waals surface area contributed by atoms with E-state index in [4.69, 9.17) is 0 Å². The lowest BCUT2D eigenvalue weighted by molar-refractivity contribution is 0.889. The van der Waals surface area contributed by atoms with Crippen LogP contribution in [0.25, 0.3) is 22.3 Å². The van der Waals surface area contributed by atoms with Crippen LogP contribution >= 0.6 is 0 Å². The second kappa shape index (κ2) is 9.49. The highest BCUT2D eigenvalue weighted by atomic mass is 15.0. The number of anilines is 2. The van der Waals surface area contributed by atoms with Crippen molar-refractivity contribution < 1.29 is 0 Å². The van der Waals surface area contributed by atoms with Gasteiger partial charge in [-0.1, -0.05) is 12.1 Å². The summed E-state index contributed by atoms with van der Waals surface area (Å²) in [7, 11) is 0. The number of nitrogens with zero attached hydrogens (tertiary/aromatic N) is 2. The van der Waals surface area contributed by atoms with Gasteiger partial charge in [0, 0.05) is 35.9 Å². The molecular formula is C28H33N5. The molecule has 0 radical (unpaired) electrons. The van der Waals surface area contributed by atoms with Crippen LogP contribution in [0.2, 0.25) is 0 Å². The lowest BCUT2D eigenvalue weighted by Crippen LogP contribution is -2.10. The van der Waals surface area contributed by atoms with Gasteiger partial charge in [0.2, 0.25) is 0 Å². The number of rotatable bonds is 7. The second-order valence-corrected chi connectivity index (χ2v) is 8.95. The Morgan fingerprint density at radius 1 is 0.788 bits per heavy atom. The van der Waals surface area contributed by atoms with E-state index in [0.29, 0.717) is 12.6 Å².